The van der Waals surface area contributed by atoms with E-state index < -0.39 is 23.7 Å². The Balaban J connectivity index is 0.000000453. The molecule has 0 saturated carbocycles. The fourth-order valence-electron chi connectivity index (χ4n) is 3.23. The van der Waals surface area contributed by atoms with Gasteiger partial charge in [-0.05, 0) is 52.9 Å². The molecule has 0 aliphatic heterocycles. The molecule has 3 N–H and O–H groups in total. The highest BCUT2D eigenvalue weighted by molar-refractivity contribution is 6.26. The fraction of sp³-hybridized carbons (Fsp3) is 0.480. The minimum Gasteiger partial charge on any atom is -0.461 e. The summed E-state index contributed by atoms with van der Waals surface area (Å²) in [5.41, 5.74) is 2.66. The summed E-state index contributed by atoms with van der Waals surface area (Å²) >= 11 is 0. The van der Waals surface area contributed by atoms with Gasteiger partial charge in [0, 0.05) is 30.6 Å². The number of amides is 2. The van der Waals surface area contributed by atoms with Gasteiger partial charge in [0.2, 0.25) is 11.8 Å². The summed E-state index contributed by atoms with van der Waals surface area (Å²) < 4.78 is 7.20. The smallest absolute Gasteiger partial charge is 0.328 e. The highest BCUT2D eigenvalue weighted by Gasteiger charge is 2.24. The number of hydrogen-bond donors (Lipinski definition) is 3. The molecular formula is C25H37N5O5. The predicted molar refractivity (Wildman–Crippen MR) is 135 cm³/mol. The largest absolute Gasteiger partial charge is 0.461 e. The zero-order valence-electron chi connectivity index (χ0n) is 21.4. The van der Waals surface area contributed by atoms with E-state index in [-0.39, 0.29) is 37.9 Å². The SMILES string of the molecule is CC(C)OC(=O)[C@H](CCC(=O)C=N)NC(=O)CNC(=O)CN(C)C.Cc1cn(C)c2ccccc12. The topological polar surface area (TPSA) is 134 Å². The van der Waals surface area contributed by atoms with Gasteiger partial charge in [-0.1, -0.05) is 18.2 Å². The molecule has 2 rings (SSSR count). The van der Waals surface area contributed by atoms with Gasteiger partial charge in [-0.25, -0.2) is 4.79 Å². The molecule has 1 aromatic carbocycles. The number of carbonyl (C=O) groups is 4. The number of para-hydroxylation sites is 1. The van der Waals surface area contributed by atoms with Gasteiger partial charge in [-0.2, -0.15) is 0 Å². The number of ketones is 1. The van der Waals surface area contributed by atoms with E-state index in [4.69, 9.17) is 10.1 Å². The molecule has 10 heteroatoms. The summed E-state index contributed by atoms with van der Waals surface area (Å²) in [6.45, 7) is 5.33. The number of fused-ring (bicyclic) bond motifs is 1. The third-order valence-corrected chi connectivity index (χ3v) is 4.81. The molecule has 0 aliphatic rings. The Morgan fingerprint density at radius 1 is 1.14 bits per heavy atom. The standard InChI is InChI=1S/C15H26N4O5.C10H11N/c1-10(2)24-15(23)12(6-5-11(20)7-16)18-13(21)8-17-14(22)9-19(3)4;1-8-7-11(2)10-6-4-3-5-9(8)10/h7,10,12,16H,5-6,8-9H2,1-4H3,(H,17,22)(H,18,21);3-7H,1-2H3/t12-;/m0./s1. The van der Waals surface area contributed by atoms with Crippen LogP contribution in [0, 0.1) is 12.3 Å². The zero-order chi connectivity index (χ0) is 26.5. The second-order valence-corrected chi connectivity index (χ2v) is 8.71. The Labute approximate surface area is 206 Å². The summed E-state index contributed by atoms with van der Waals surface area (Å²) in [7, 11) is 5.52. The van der Waals surface area contributed by atoms with Crippen LogP contribution in [-0.2, 0) is 31.0 Å². The average molecular weight is 488 g/mol. The summed E-state index contributed by atoms with van der Waals surface area (Å²) in [5.74, 6) is -1.99. The Kier molecular flexibility index (Phi) is 12.4. The normalized spacial score (nSPS) is 11.4. The van der Waals surface area contributed by atoms with Crippen molar-refractivity contribution in [2.75, 3.05) is 27.2 Å². The van der Waals surface area contributed by atoms with Gasteiger partial charge in [0.1, 0.15) is 6.04 Å². The maximum Gasteiger partial charge on any atom is 0.328 e. The molecule has 0 saturated heterocycles. The van der Waals surface area contributed by atoms with Crippen molar-refractivity contribution in [2.45, 2.75) is 45.8 Å². The maximum absolute atomic E-state index is 12.0. The minimum absolute atomic E-state index is 0.0250. The van der Waals surface area contributed by atoms with Gasteiger partial charge < -0.3 is 30.2 Å². The van der Waals surface area contributed by atoms with Crippen LogP contribution in [0.15, 0.2) is 30.5 Å². The van der Waals surface area contributed by atoms with Crippen molar-refractivity contribution in [3.63, 3.8) is 0 Å². The van der Waals surface area contributed by atoms with Crippen LogP contribution in [0.4, 0.5) is 0 Å². The number of benzene rings is 1. The van der Waals surface area contributed by atoms with E-state index in [1.807, 2.05) is 0 Å². The molecule has 1 heterocycles. The second-order valence-electron chi connectivity index (χ2n) is 8.71. The van der Waals surface area contributed by atoms with Crippen molar-refractivity contribution in [3.05, 3.63) is 36.0 Å². The summed E-state index contributed by atoms with van der Waals surface area (Å²) in [6.07, 6.45) is 2.42. The number of aryl methyl sites for hydroxylation is 2. The third-order valence-electron chi connectivity index (χ3n) is 4.81. The maximum atomic E-state index is 12.0. The van der Waals surface area contributed by atoms with Crippen molar-refractivity contribution in [1.82, 2.24) is 20.1 Å². The van der Waals surface area contributed by atoms with Crippen LogP contribution >= 0.6 is 0 Å². The van der Waals surface area contributed by atoms with Crippen LogP contribution < -0.4 is 10.6 Å². The summed E-state index contributed by atoms with van der Waals surface area (Å²) in [4.78, 5) is 48.2. The molecule has 192 valence electrons. The van der Waals surface area contributed by atoms with Gasteiger partial charge in [-0.15, -0.1) is 0 Å². The third kappa shape index (κ3) is 11.0. The first kappa shape index (κ1) is 29.5. The van der Waals surface area contributed by atoms with Crippen LogP contribution in [0.3, 0.4) is 0 Å². The lowest BCUT2D eigenvalue weighted by Gasteiger charge is -2.19. The molecule has 1 aromatic heterocycles. The average Bonchev–Trinajstić information content (AvgIpc) is 3.08. The lowest BCUT2D eigenvalue weighted by molar-refractivity contribution is -0.151. The number of rotatable bonds is 11. The van der Waals surface area contributed by atoms with Gasteiger partial charge in [0.15, 0.2) is 5.78 Å². The molecule has 10 nitrogen and oxygen atoms in total. The molecule has 0 unspecified atom stereocenters. The molecule has 0 bridgehead atoms. The van der Waals surface area contributed by atoms with Gasteiger partial charge >= 0.3 is 5.97 Å². The van der Waals surface area contributed by atoms with Gasteiger partial charge in [-0.3, -0.25) is 14.4 Å². The number of hydrogen-bond acceptors (Lipinski definition) is 7. The molecular weight excluding hydrogens is 450 g/mol. The first-order valence-corrected chi connectivity index (χ1v) is 11.4. The second kappa shape index (κ2) is 14.7. The summed E-state index contributed by atoms with van der Waals surface area (Å²) in [5, 5.41) is 13.1. The lowest BCUT2D eigenvalue weighted by atomic mass is 10.1. The van der Waals surface area contributed by atoms with E-state index in [0.29, 0.717) is 6.21 Å². The molecule has 0 spiro atoms. The number of nitrogens with zero attached hydrogens (tertiary/aromatic N) is 2. The van der Waals surface area contributed by atoms with Crippen LogP contribution in [0.2, 0.25) is 0 Å². The number of Topliss-reactive ketones (excluding diaryl/α,β-unsaturated/α-hetero) is 1. The predicted octanol–water partition coefficient (Wildman–Crippen LogP) is 1.59. The fourth-order valence-corrected chi connectivity index (χ4v) is 3.23. The molecule has 35 heavy (non-hydrogen) atoms. The van der Waals surface area contributed by atoms with E-state index in [1.54, 1.807) is 32.8 Å². The number of esters is 1. The molecule has 1 atom stereocenters. The van der Waals surface area contributed by atoms with Crippen LogP contribution in [0.25, 0.3) is 10.9 Å². The highest BCUT2D eigenvalue weighted by Crippen LogP contribution is 2.18. The van der Waals surface area contributed by atoms with Crippen molar-refractivity contribution in [1.29, 1.82) is 5.41 Å². The van der Waals surface area contributed by atoms with Crippen molar-refractivity contribution in [3.8, 4) is 0 Å². The highest BCUT2D eigenvalue weighted by atomic mass is 16.5. The molecule has 2 aromatic rings. The molecule has 2 amide bonds. The Bertz CT molecular complexity index is 992. The van der Waals surface area contributed by atoms with E-state index in [0.717, 1.165) is 0 Å². The van der Waals surface area contributed by atoms with Gasteiger partial charge in [0.25, 0.3) is 0 Å². The molecule has 0 aliphatic carbocycles. The quantitative estimate of drug-likeness (QED) is 0.326. The monoisotopic (exact) mass is 487 g/mol. The van der Waals surface area contributed by atoms with E-state index >= 15 is 0 Å². The van der Waals surface area contributed by atoms with Crippen LogP contribution in [0.1, 0.15) is 32.3 Å². The van der Waals surface area contributed by atoms with E-state index in [1.165, 1.54) is 16.5 Å². The molecule has 0 fully saturated rings. The number of likely N-dealkylation sites (N-methyl/N-ethyl adjacent to an activating group) is 1. The van der Waals surface area contributed by atoms with Crippen LogP contribution in [0.5, 0.6) is 0 Å². The summed E-state index contributed by atoms with van der Waals surface area (Å²) in [6, 6.07) is 7.44. The van der Waals surface area contributed by atoms with Crippen LogP contribution in [-0.4, -0.2) is 78.6 Å². The van der Waals surface area contributed by atoms with Gasteiger partial charge in [0.05, 0.1) is 25.4 Å². The van der Waals surface area contributed by atoms with E-state index in [9.17, 15) is 19.2 Å². The number of ether oxygens (including phenoxy) is 1. The Morgan fingerprint density at radius 2 is 1.80 bits per heavy atom. The van der Waals surface area contributed by atoms with Crippen molar-refractivity contribution < 1.29 is 23.9 Å². The molecule has 0 radical (unpaired) electrons. The van der Waals surface area contributed by atoms with Crippen molar-refractivity contribution in [2.24, 2.45) is 7.05 Å². The number of aromatic nitrogens is 1. The first-order chi connectivity index (χ1) is 16.4. The van der Waals surface area contributed by atoms with Crippen molar-refractivity contribution >= 4 is 40.7 Å². The number of carbonyl (C=O) groups excluding carboxylic acids is 4. The Morgan fingerprint density at radius 3 is 2.37 bits per heavy atom. The lowest BCUT2D eigenvalue weighted by Crippen LogP contribution is -2.47. The zero-order valence-corrected chi connectivity index (χ0v) is 21.4. The minimum atomic E-state index is -1.01. The number of nitrogens with one attached hydrogen (secondary N) is 3. The van der Waals surface area contributed by atoms with E-state index in [2.05, 4.69) is 59.6 Å². The first-order valence-electron chi connectivity index (χ1n) is 11.4. The Hall–Kier alpha value is -3.53.